The van der Waals surface area contributed by atoms with Gasteiger partial charge in [0.15, 0.2) is 0 Å². The van der Waals surface area contributed by atoms with Crippen molar-refractivity contribution in [3.8, 4) is 0 Å². The molecule has 0 aromatic heterocycles. The van der Waals surface area contributed by atoms with Crippen LogP contribution in [0, 0.1) is 0 Å². The highest BCUT2D eigenvalue weighted by Crippen LogP contribution is 2.30. The van der Waals surface area contributed by atoms with E-state index in [-0.39, 0.29) is 17.5 Å². The van der Waals surface area contributed by atoms with E-state index in [4.69, 9.17) is 4.74 Å². The zero-order valence-corrected chi connectivity index (χ0v) is 8.96. The van der Waals surface area contributed by atoms with E-state index in [1.54, 1.807) is 6.92 Å². The second kappa shape index (κ2) is 3.66. The lowest BCUT2D eigenvalue weighted by Crippen LogP contribution is -2.65. The van der Waals surface area contributed by atoms with Crippen molar-refractivity contribution in [1.29, 1.82) is 0 Å². The molecule has 0 saturated carbocycles. The first-order valence-corrected chi connectivity index (χ1v) is 4.91. The molecule has 0 N–H and O–H groups in total. The first-order chi connectivity index (χ1) is 6.03. The molecule has 1 fully saturated rings. The third kappa shape index (κ3) is 1.70. The predicted molar refractivity (Wildman–Crippen MR) is 51.5 cm³/mol. The summed E-state index contributed by atoms with van der Waals surface area (Å²) in [6.07, 6.45) is 0.977. The fourth-order valence-electron chi connectivity index (χ4n) is 2.10. The minimum Gasteiger partial charge on any atom is -0.376 e. The van der Waals surface area contributed by atoms with Gasteiger partial charge in [0.25, 0.3) is 0 Å². The molecule has 0 spiro atoms. The van der Waals surface area contributed by atoms with Gasteiger partial charge in [-0.15, -0.1) is 0 Å². The minimum absolute atomic E-state index is 0.0139. The molecule has 0 atom stereocenters. The van der Waals surface area contributed by atoms with Gasteiger partial charge in [-0.25, -0.2) is 0 Å². The summed E-state index contributed by atoms with van der Waals surface area (Å²) in [7, 11) is 0. The molecule has 3 heteroatoms. The molecular weight excluding hydrogens is 166 g/mol. The van der Waals surface area contributed by atoms with Gasteiger partial charge in [-0.3, -0.25) is 4.79 Å². The Morgan fingerprint density at radius 2 is 2.08 bits per heavy atom. The maximum absolute atomic E-state index is 11.5. The number of hydrogen-bond acceptors (Lipinski definition) is 2. The van der Waals surface area contributed by atoms with Gasteiger partial charge in [0, 0.05) is 13.0 Å². The van der Waals surface area contributed by atoms with Crippen LogP contribution in [-0.2, 0) is 9.53 Å². The molecule has 1 aliphatic heterocycles. The number of rotatable bonds is 3. The molecule has 0 aliphatic carbocycles. The van der Waals surface area contributed by atoms with E-state index in [2.05, 4.69) is 20.8 Å². The molecule has 1 rings (SSSR count). The SMILES string of the molecule is CCC1(N(C(C)=O)C(C)C)COC1. The number of amides is 1. The van der Waals surface area contributed by atoms with Crippen molar-refractivity contribution in [3.05, 3.63) is 0 Å². The molecule has 13 heavy (non-hydrogen) atoms. The fourth-order valence-corrected chi connectivity index (χ4v) is 2.10. The number of hydrogen-bond donors (Lipinski definition) is 0. The van der Waals surface area contributed by atoms with Crippen LogP contribution in [0.15, 0.2) is 0 Å². The zero-order valence-electron chi connectivity index (χ0n) is 8.96. The molecule has 0 aromatic carbocycles. The minimum atomic E-state index is -0.0139. The summed E-state index contributed by atoms with van der Waals surface area (Å²) in [5.74, 6) is 0.153. The highest BCUT2D eigenvalue weighted by molar-refractivity contribution is 5.74. The largest absolute Gasteiger partial charge is 0.376 e. The standard InChI is InChI=1S/C10H19NO2/c1-5-10(6-13-7-10)11(8(2)3)9(4)12/h8H,5-7H2,1-4H3. The van der Waals surface area contributed by atoms with E-state index in [1.807, 2.05) is 4.90 Å². The van der Waals surface area contributed by atoms with Crippen molar-refractivity contribution in [3.63, 3.8) is 0 Å². The van der Waals surface area contributed by atoms with E-state index >= 15 is 0 Å². The Bertz CT molecular complexity index is 192. The molecule has 3 nitrogen and oxygen atoms in total. The van der Waals surface area contributed by atoms with Crippen molar-refractivity contribution >= 4 is 5.91 Å². The van der Waals surface area contributed by atoms with E-state index < -0.39 is 0 Å². The van der Waals surface area contributed by atoms with Gasteiger partial charge in [0.1, 0.15) is 0 Å². The van der Waals surface area contributed by atoms with Gasteiger partial charge >= 0.3 is 0 Å². The fraction of sp³-hybridized carbons (Fsp3) is 0.900. The van der Waals surface area contributed by atoms with E-state index in [0.717, 1.165) is 6.42 Å². The Hall–Kier alpha value is -0.570. The molecule has 1 saturated heterocycles. The summed E-state index contributed by atoms with van der Waals surface area (Å²) < 4.78 is 5.22. The highest BCUT2D eigenvalue weighted by atomic mass is 16.5. The second-order valence-corrected chi connectivity index (χ2v) is 4.05. The molecule has 1 aliphatic rings. The van der Waals surface area contributed by atoms with Crippen LogP contribution in [0.5, 0.6) is 0 Å². The predicted octanol–water partition coefficient (Wildman–Crippen LogP) is 1.42. The van der Waals surface area contributed by atoms with Gasteiger partial charge in [0.2, 0.25) is 5.91 Å². The van der Waals surface area contributed by atoms with Crippen LogP contribution in [0.2, 0.25) is 0 Å². The van der Waals surface area contributed by atoms with Gasteiger partial charge in [0.05, 0.1) is 18.8 Å². The lowest BCUT2D eigenvalue weighted by atomic mass is 9.90. The maximum Gasteiger partial charge on any atom is 0.220 e. The summed E-state index contributed by atoms with van der Waals surface area (Å²) >= 11 is 0. The van der Waals surface area contributed by atoms with Gasteiger partial charge in [-0.2, -0.15) is 0 Å². The summed E-state index contributed by atoms with van der Waals surface area (Å²) in [4.78, 5) is 13.4. The molecule has 76 valence electrons. The monoisotopic (exact) mass is 185 g/mol. The van der Waals surface area contributed by atoms with Gasteiger partial charge < -0.3 is 9.64 Å². The Balaban J connectivity index is 2.79. The molecule has 0 bridgehead atoms. The van der Waals surface area contributed by atoms with Crippen LogP contribution in [0.3, 0.4) is 0 Å². The third-order valence-electron chi connectivity index (χ3n) is 2.77. The lowest BCUT2D eigenvalue weighted by Gasteiger charge is -2.50. The van der Waals surface area contributed by atoms with Crippen LogP contribution in [0.4, 0.5) is 0 Å². The first-order valence-electron chi connectivity index (χ1n) is 4.91. The molecule has 0 aromatic rings. The number of ether oxygens (including phenoxy) is 1. The van der Waals surface area contributed by atoms with E-state index in [0.29, 0.717) is 13.2 Å². The normalized spacial score (nSPS) is 19.8. The molecule has 0 unspecified atom stereocenters. The Labute approximate surface area is 80.1 Å². The highest BCUT2D eigenvalue weighted by Gasteiger charge is 2.44. The molecular formula is C10H19NO2. The number of carbonyl (C=O) groups is 1. The van der Waals surface area contributed by atoms with E-state index in [9.17, 15) is 4.79 Å². The number of carbonyl (C=O) groups excluding carboxylic acids is 1. The summed E-state index contributed by atoms with van der Waals surface area (Å²) in [5.41, 5.74) is -0.0139. The Morgan fingerprint density at radius 3 is 2.15 bits per heavy atom. The van der Waals surface area contributed by atoms with Crippen LogP contribution in [0.1, 0.15) is 34.1 Å². The second-order valence-electron chi connectivity index (χ2n) is 4.05. The van der Waals surface area contributed by atoms with Crippen molar-refractivity contribution in [2.45, 2.75) is 45.7 Å². The maximum atomic E-state index is 11.5. The summed E-state index contributed by atoms with van der Waals surface area (Å²) in [6.45, 7) is 9.24. The van der Waals surface area contributed by atoms with Gasteiger partial charge in [-0.1, -0.05) is 6.92 Å². The van der Waals surface area contributed by atoms with Crippen molar-refractivity contribution in [1.82, 2.24) is 4.90 Å². The van der Waals surface area contributed by atoms with E-state index in [1.165, 1.54) is 0 Å². The Kier molecular flexibility index (Phi) is 2.96. The lowest BCUT2D eigenvalue weighted by molar-refractivity contribution is -0.172. The molecule has 1 amide bonds. The van der Waals surface area contributed by atoms with Crippen molar-refractivity contribution < 1.29 is 9.53 Å². The Morgan fingerprint density at radius 1 is 1.54 bits per heavy atom. The smallest absolute Gasteiger partial charge is 0.220 e. The topological polar surface area (TPSA) is 29.5 Å². The quantitative estimate of drug-likeness (QED) is 0.665. The zero-order chi connectivity index (χ0) is 10.1. The van der Waals surface area contributed by atoms with Crippen molar-refractivity contribution in [2.75, 3.05) is 13.2 Å². The average Bonchev–Trinajstić information content (AvgIpc) is 1.94. The van der Waals surface area contributed by atoms with Gasteiger partial charge in [-0.05, 0) is 20.3 Å². The third-order valence-corrected chi connectivity index (χ3v) is 2.77. The summed E-state index contributed by atoms with van der Waals surface area (Å²) in [6, 6.07) is 0.265. The number of nitrogens with zero attached hydrogens (tertiary/aromatic N) is 1. The van der Waals surface area contributed by atoms with Crippen LogP contribution in [-0.4, -0.2) is 35.6 Å². The average molecular weight is 185 g/mol. The van der Waals surface area contributed by atoms with Crippen LogP contribution in [0.25, 0.3) is 0 Å². The van der Waals surface area contributed by atoms with Crippen molar-refractivity contribution in [2.24, 2.45) is 0 Å². The van der Waals surface area contributed by atoms with Crippen LogP contribution < -0.4 is 0 Å². The molecule has 1 heterocycles. The first kappa shape index (κ1) is 10.5. The molecule has 0 radical (unpaired) electrons. The summed E-state index contributed by atoms with van der Waals surface area (Å²) in [5, 5.41) is 0. The van der Waals surface area contributed by atoms with Crippen LogP contribution >= 0.6 is 0 Å².